The number of carbonyl (C=O) groups excluding carboxylic acids is 1. The van der Waals surface area contributed by atoms with Crippen LogP contribution in [0.1, 0.15) is 18.4 Å². The average molecular weight is 410 g/mol. The van der Waals surface area contributed by atoms with E-state index in [1.165, 1.54) is 7.05 Å². The van der Waals surface area contributed by atoms with Crippen LogP contribution in [0.15, 0.2) is 41.8 Å². The zero-order valence-electron chi connectivity index (χ0n) is 14.8. The van der Waals surface area contributed by atoms with Gasteiger partial charge in [0.25, 0.3) is 0 Å². The first-order valence-electron chi connectivity index (χ1n) is 8.45. The molecule has 1 aromatic rings. The maximum atomic E-state index is 12.6. The van der Waals surface area contributed by atoms with E-state index in [2.05, 4.69) is 16.0 Å². The summed E-state index contributed by atoms with van der Waals surface area (Å²) in [6, 6.07) is 8.04. The Labute approximate surface area is 164 Å². The first-order valence-corrected chi connectivity index (χ1v) is 9.19. The summed E-state index contributed by atoms with van der Waals surface area (Å²) in [4.78, 5) is 11.4. The van der Waals surface area contributed by atoms with Crippen LogP contribution in [0, 0.1) is 17.2 Å². The van der Waals surface area contributed by atoms with E-state index < -0.39 is 17.6 Å². The molecule has 1 unspecified atom stereocenters. The molecule has 1 saturated carbocycles. The quantitative estimate of drug-likeness (QED) is 0.636. The molecule has 10 heteroatoms. The number of nitrogens with one attached hydrogen (secondary N) is 3. The third-order valence-electron chi connectivity index (χ3n) is 4.28. The first-order chi connectivity index (χ1) is 13.3. The van der Waals surface area contributed by atoms with E-state index >= 15 is 0 Å². The Hall–Kier alpha value is -2.80. The molecule has 0 aromatic heterocycles. The van der Waals surface area contributed by atoms with Gasteiger partial charge in [0.2, 0.25) is 5.88 Å². The van der Waals surface area contributed by atoms with Gasteiger partial charge in [0.05, 0.1) is 6.04 Å². The minimum absolute atomic E-state index is 0.000612. The summed E-state index contributed by atoms with van der Waals surface area (Å²) < 4.78 is 42.5. The van der Waals surface area contributed by atoms with Gasteiger partial charge in [-0.25, -0.2) is 4.79 Å². The van der Waals surface area contributed by atoms with Gasteiger partial charge in [0.1, 0.15) is 11.6 Å². The van der Waals surface area contributed by atoms with E-state index in [-0.39, 0.29) is 23.5 Å². The number of nitriles is 1. The summed E-state index contributed by atoms with van der Waals surface area (Å²) in [5.74, 6) is 0.103. The van der Waals surface area contributed by atoms with Crippen molar-refractivity contribution in [2.75, 3.05) is 12.4 Å². The minimum Gasteiger partial charge on any atom is -0.398 e. The standard InChI is InChI=1S/C18H17F3N4O2S/c1-23-17(26)24-12-6-4-10(5-7-12)13-8-15(11-2-3-11)25-16(14(13)9-22)27-28-18(19,20)21/h4-8,11,15,25H,2-3H2,1H3,(H2,23,24,26). The number of amides is 2. The molecule has 28 heavy (non-hydrogen) atoms. The SMILES string of the molecule is CNC(=O)Nc1ccc(C2=CC(C3CC3)NC(OSC(F)(F)F)=C2C#N)cc1. The van der Waals surface area contributed by atoms with Crippen LogP contribution in [0.2, 0.25) is 0 Å². The minimum atomic E-state index is -4.58. The molecule has 1 aliphatic heterocycles. The van der Waals surface area contributed by atoms with Gasteiger partial charge in [-0.15, -0.1) is 0 Å². The number of alkyl halides is 3. The lowest BCUT2D eigenvalue weighted by Gasteiger charge is -2.26. The fraction of sp³-hybridized carbons (Fsp3) is 0.333. The number of urea groups is 1. The molecule has 148 valence electrons. The molecule has 6 nitrogen and oxygen atoms in total. The normalized spacial score (nSPS) is 19.2. The average Bonchev–Trinajstić information content (AvgIpc) is 3.50. The number of dihydropyridines is 1. The monoisotopic (exact) mass is 410 g/mol. The van der Waals surface area contributed by atoms with Gasteiger partial charge >= 0.3 is 11.5 Å². The van der Waals surface area contributed by atoms with E-state index in [4.69, 9.17) is 4.18 Å². The van der Waals surface area contributed by atoms with Crippen LogP contribution >= 0.6 is 12.0 Å². The third kappa shape index (κ3) is 4.92. The molecule has 0 radical (unpaired) electrons. The smallest absolute Gasteiger partial charge is 0.398 e. The van der Waals surface area contributed by atoms with Crippen molar-refractivity contribution in [1.82, 2.24) is 10.6 Å². The van der Waals surface area contributed by atoms with Crippen molar-refractivity contribution in [1.29, 1.82) is 5.26 Å². The number of rotatable bonds is 5. The summed E-state index contributed by atoms with van der Waals surface area (Å²) in [5, 5.41) is 17.5. The maximum absolute atomic E-state index is 12.6. The molecule has 0 saturated heterocycles. The van der Waals surface area contributed by atoms with Gasteiger partial charge in [0.15, 0.2) is 12.0 Å². The van der Waals surface area contributed by atoms with Crippen molar-refractivity contribution in [3.8, 4) is 6.07 Å². The van der Waals surface area contributed by atoms with Crippen molar-refractivity contribution in [2.24, 2.45) is 5.92 Å². The number of hydrogen-bond donors (Lipinski definition) is 3. The van der Waals surface area contributed by atoms with E-state index in [0.29, 0.717) is 22.7 Å². The third-order valence-corrected chi connectivity index (χ3v) is 4.72. The van der Waals surface area contributed by atoms with Gasteiger partial charge in [-0.05, 0) is 36.5 Å². The Balaban J connectivity index is 1.90. The van der Waals surface area contributed by atoms with Gasteiger partial charge < -0.3 is 20.1 Å². The molecular weight excluding hydrogens is 393 g/mol. The van der Waals surface area contributed by atoms with Gasteiger partial charge in [0, 0.05) is 18.3 Å². The second-order valence-corrected chi connectivity index (χ2v) is 7.09. The Morgan fingerprint density at radius 1 is 1.32 bits per heavy atom. The van der Waals surface area contributed by atoms with Crippen molar-refractivity contribution in [3.63, 3.8) is 0 Å². The first kappa shape index (κ1) is 19.9. The van der Waals surface area contributed by atoms with Crippen LogP contribution in [0.5, 0.6) is 0 Å². The number of halogens is 3. The lowest BCUT2D eigenvalue weighted by atomic mass is 9.92. The fourth-order valence-corrected chi connectivity index (χ4v) is 3.10. The van der Waals surface area contributed by atoms with Gasteiger partial charge in [-0.3, -0.25) is 0 Å². The molecular formula is C18H17F3N4O2S. The number of carbonyl (C=O) groups is 1. The second kappa shape index (κ2) is 8.06. The largest absolute Gasteiger partial charge is 0.479 e. The zero-order chi connectivity index (χ0) is 20.3. The van der Waals surface area contributed by atoms with Crippen LogP contribution in [-0.4, -0.2) is 24.6 Å². The fourth-order valence-electron chi connectivity index (χ4n) is 2.79. The molecule has 3 rings (SSSR count). The Morgan fingerprint density at radius 2 is 2.00 bits per heavy atom. The van der Waals surface area contributed by atoms with E-state index in [9.17, 15) is 23.2 Å². The molecule has 2 amide bonds. The number of allylic oxidation sites excluding steroid dienone is 2. The zero-order valence-corrected chi connectivity index (χ0v) is 15.6. The van der Waals surface area contributed by atoms with Crippen molar-refractivity contribution in [2.45, 2.75) is 24.4 Å². The Kier molecular flexibility index (Phi) is 5.74. The van der Waals surface area contributed by atoms with Crippen molar-refractivity contribution in [3.05, 3.63) is 47.4 Å². The molecule has 0 bridgehead atoms. The van der Waals surface area contributed by atoms with Crippen LogP contribution < -0.4 is 16.0 Å². The van der Waals surface area contributed by atoms with Crippen LogP contribution in [0.3, 0.4) is 0 Å². The topological polar surface area (TPSA) is 86.2 Å². The Morgan fingerprint density at radius 3 is 2.54 bits per heavy atom. The number of anilines is 1. The number of hydrogen-bond acceptors (Lipinski definition) is 5. The summed E-state index contributed by atoms with van der Waals surface area (Å²) >= 11 is -0.651. The summed E-state index contributed by atoms with van der Waals surface area (Å²) in [5.41, 5.74) is -2.89. The highest BCUT2D eigenvalue weighted by molar-refractivity contribution is 7.95. The number of nitrogens with zero attached hydrogens (tertiary/aromatic N) is 1. The van der Waals surface area contributed by atoms with Crippen LogP contribution in [0.4, 0.5) is 23.7 Å². The predicted molar refractivity (Wildman–Crippen MR) is 99.5 cm³/mol. The molecule has 0 spiro atoms. The second-order valence-electron chi connectivity index (χ2n) is 6.30. The van der Waals surface area contributed by atoms with E-state index in [1.807, 2.05) is 12.1 Å². The van der Waals surface area contributed by atoms with Crippen molar-refractivity contribution >= 4 is 29.3 Å². The highest BCUT2D eigenvalue weighted by Crippen LogP contribution is 2.41. The summed E-state index contributed by atoms with van der Waals surface area (Å²) in [6.07, 6.45) is 3.76. The molecule has 1 fully saturated rings. The molecule has 1 atom stereocenters. The number of benzene rings is 1. The predicted octanol–water partition coefficient (Wildman–Crippen LogP) is 4.12. The highest BCUT2D eigenvalue weighted by Gasteiger charge is 2.37. The highest BCUT2D eigenvalue weighted by atomic mass is 32.2. The Bertz CT molecular complexity index is 855. The molecule has 1 heterocycles. The van der Waals surface area contributed by atoms with E-state index in [1.54, 1.807) is 24.3 Å². The van der Waals surface area contributed by atoms with Crippen LogP contribution in [0.25, 0.3) is 5.57 Å². The van der Waals surface area contributed by atoms with E-state index in [0.717, 1.165) is 12.8 Å². The van der Waals surface area contributed by atoms with Crippen molar-refractivity contribution < 1.29 is 22.1 Å². The maximum Gasteiger partial charge on any atom is 0.479 e. The lowest BCUT2D eigenvalue weighted by Crippen LogP contribution is -2.33. The molecule has 1 aliphatic carbocycles. The lowest BCUT2D eigenvalue weighted by molar-refractivity contribution is -0.0386. The van der Waals surface area contributed by atoms with Crippen LogP contribution in [-0.2, 0) is 4.18 Å². The van der Waals surface area contributed by atoms with Gasteiger partial charge in [-0.2, -0.15) is 18.4 Å². The molecule has 1 aromatic carbocycles. The molecule has 3 N–H and O–H groups in total. The molecule has 2 aliphatic rings. The summed E-state index contributed by atoms with van der Waals surface area (Å²) in [6.45, 7) is 0. The summed E-state index contributed by atoms with van der Waals surface area (Å²) in [7, 11) is 1.49. The van der Waals surface area contributed by atoms with Gasteiger partial charge in [-0.1, -0.05) is 18.2 Å².